The Morgan fingerprint density at radius 3 is 2.33 bits per heavy atom. The fourth-order valence-electron chi connectivity index (χ4n) is 3.70. The topological polar surface area (TPSA) is 181 Å². The summed E-state index contributed by atoms with van der Waals surface area (Å²) in [6.45, 7) is 0. The quantitative estimate of drug-likeness (QED) is 0.312. The molecular formula is C20H17NO9. The molecule has 2 heterocycles. The van der Waals surface area contributed by atoms with Crippen LogP contribution in [0.1, 0.15) is 24.4 Å². The molecule has 2 atom stereocenters. The number of nitrogens with one attached hydrogen (secondary N) is 1. The first-order valence-corrected chi connectivity index (χ1v) is 8.94. The third kappa shape index (κ3) is 2.94. The molecule has 1 aromatic heterocycles. The fourth-order valence-corrected chi connectivity index (χ4v) is 3.70. The van der Waals surface area contributed by atoms with Crippen molar-refractivity contribution in [2.45, 2.75) is 24.9 Å². The highest BCUT2D eigenvalue weighted by Crippen LogP contribution is 2.44. The third-order valence-electron chi connectivity index (χ3n) is 5.18. The molecule has 30 heavy (non-hydrogen) atoms. The molecule has 0 saturated carbocycles. The number of carboxylic acids is 1. The van der Waals surface area contributed by atoms with Gasteiger partial charge in [0.2, 0.25) is 11.2 Å². The summed E-state index contributed by atoms with van der Waals surface area (Å²) in [4.78, 5) is 23.9. The number of hydrogen-bond donors (Lipinski definition) is 7. The summed E-state index contributed by atoms with van der Waals surface area (Å²) in [5.41, 5.74) is -1.20. The summed E-state index contributed by atoms with van der Waals surface area (Å²) in [5.74, 6) is -4.21. The average molecular weight is 415 g/mol. The van der Waals surface area contributed by atoms with Crippen molar-refractivity contribution in [3.05, 3.63) is 40.1 Å². The van der Waals surface area contributed by atoms with E-state index in [0.29, 0.717) is 6.42 Å². The SMILES string of the molecule is O=C(O)[C@@H]1CC[C@H](c2c(O)cc3oc(-c4ccc(O)c(O)c4)c(O)c(=O)c3c2O)N1. The number of benzene rings is 2. The number of phenols is 4. The van der Waals surface area contributed by atoms with Gasteiger partial charge in [0.25, 0.3) is 0 Å². The van der Waals surface area contributed by atoms with E-state index in [2.05, 4.69) is 5.32 Å². The monoisotopic (exact) mass is 415 g/mol. The van der Waals surface area contributed by atoms with E-state index >= 15 is 0 Å². The number of aliphatic carboxylic acids is 1. The zero-order valence-electron chi connectivity index (χ0n) is 15.3. The zero-order chi connectivity index (χ0) is 21.7. The Bertz CT molecular complexity index is 1250. The average Bonchev–Trinajstić information content (AvgIpc) is 3.16. The highest BCUT2D eigenvalue weighted by molar-refractivity contribution is 5.90. The smallest absolute Gasteiger partial charge is 0.320 e. The molecule has 0 aliphatic carbocycles. The Balaban J connectivity index is 1.89. The fraction of sp³-hybridized carbons (Fsp3) is 0.200. The van der Waals surface area contributed by atoms with E-state index in [1.54, 1.807) is 0 Å². The zero-order valence-corrected chi connectivity index (χ0v) is 15.3. The maximum atomic E-state index is 12.8. The van der Waals surface area contributed by atoms with Gasteiger partial charge in [-0.1, -0.05) is 0 Å². The van der Waals surface area contributed by atoms with Crippen LogP contribution in [0.25, 0.3) is 22.3 Å². The van der Waals surface area contributed by atoms with E-state index in [4.69, 9.17) is 9.52 Å². The van der Waals surface area contributed by atoms with Crippen molar-refractivity contribution in [3.8, 4) is 40.1 Å². The Hall–Kier alpha value is -3.92. The molecule has 7 N–H and O–H groups in total. The molecule has 2 aromatic carbocycles. The maximum absolute atomic E-state index is 12.8. The van der Waals surface area contributed by atoms with E-state index in [9.17, 15) is 35.1 Å². The molecular weight excluding hydrogens is 398 g/mol. The van der Waals surface area contributed by atoms with Gasteiger partial charge in [-0.05, 0) is 31.0 Å². The summed E-state index contributed by atoms with van der Waals surface area (Å²) < 4.78 is 5.52. The largest absolute Gasteiger partial charge is 0.507 e. The predicted molar refractivity (Wildman–Crippen MR) is 103 cm³/mol. The van der Waals surface area contributed by atoms with Crippen molar-refractivity contribution in [1.29, 1.82) is 0 Å². The first kappa shape index (κ1) is 19.4. The Morgan fingerprint density at radius 2 is 1.70 bits per heavy atom. The van der Waals surface area contributed by atoms with Crippen molar-refractivity contribution in [3.63, 3.8) is 0 Å². The van der Waals surface area contributed by atoms with Gasteiger partial charge in [-0.15, -0.1) is 0 Å². The van der Waals surface area contributed by atoms with Gasteiger partial charge in [0.15, 0.2) is 17.3 Å². The lowest BCUT2D eigenvalue weighted by Gasteiger charge is -2.17. The number of carboxylic acid groups (broad SMARTS) is 1. The van der Waals surface area contributed by atoms with E-state index < -0.39 is 52.2 Å². The summed E-state index contributed by atoms with van der Waals surface area (Å²) in [6, 6.07) is 3.01. The number of rotatable bonds is 3. The molecule has 10 heteroatoms. The van der Waals surface area contributed by atoms with E-state index in [1.165, 1.54) is 6.07 Å². The van der Waals surface area contributed by atoms with Crippen molar-refractivity contribution >= 4 is 16.9 Å². The predicted octanol–water partition coefficient (Wildman–Crippen LogP) is 1.87. The second-order valence-corrected chi connectivity index (χ2v) is 7.03. The molecule has 1 saturated heterocycles. The molecule has 10 nitrogen and oxygen atoms in total. The number of aromatic hydroxyl groups is 5. The van der Waals surface area contributed by atoms with Crippen molar-refractivity contribution < 1.29 is 39.9 Å². The molecule has 0 spiro atoms. The van der Waals surface area contributed by atoms with Gasteiger partial charge in [0.1, 0.15) is 28.5 Å². The number of carbonyl (C=O) groups is 1. The molecule has 0 radical (unpaired) electrons. The first-order valence-electron chi connectivity index (χ1n) is 8.94. The van der Waals surface area contributed by atoms with Crippen molar-refractivity contribution in [2.24, 2.45) is 0 Å². The van der Waals surface area contributed by atoms with E-state index in [-0.39, 0.29) is 34.3 Å². The number of phenolic OH excluding ortho intramolecular Hbond substituents is 4. The molecule has 0 bridgehead atoms. The molecule has 1 aliphatic rings. The summed E-state index contributed by atoms with van der Waals surface area (Å²) in [5, 5.41) is 62.1. The van der Waals surface area contributed by atoms with Gasteiger partial charge >= 0.3 is 5.97 Å². The highest BCUT2D eigenvalue weighted by Gasteiger charge is 2.34. The van der Waals surface area contributed by atoms with Crippen LogP contribution in [0.4, 0.5) is 0 Å². The van der Waals surface area contributed by atoms with Gasteiger partial charge in [0.05, 0.1) is 5.56 Å². The Morgan fingerprint density at radius 1 is 0.967 bits per heavy atom. The minimum absolute atomic E-state index is 0.0621. The van der Waals surface area contributed by atoms with Crippen LogP contribution in [0.2, 0.25) is 0 Å². The van der Waals surface area contributed by atoms with Crippen LogP contribution < -0.4 is 10.7 Å². The number of fused-ring (bicyclic) bond motifs is 1. The standard InChI is InChI=1S/C20H17NO9/c22-10-4-1-7(5-11(10)23)19-18(27)17(26)15-13(30-19)6-12(24)14(16(15)25)8-2-3-9(21-8)20(28)29/h1,4-6,8-9,21-25,27H,2-3H2,(H,28,29)/t8-,9+/m1/s1. The van der Waals surface area contributed by atoms with Gasteiger partial charge in [-0.25, -0.2) is 0 Å². The van der Waals surface area contributed by atoms with Crippen molar-refractivity contribution in [2.75, 3.05) is 0 Å². The Kier molecular flexibility index (Phi) is 4.43. The van der Waals surface area contributed by atoms with Crippen LogP contribution in [0.5, 0.6) is 28.7 Å². The second-order valence-electron chi connectivity index (χ2n) is 7.03. The maximum Gasteiger partial charge on any atom is 0.320 e. The Labute approximate surface area is 167 Å². The highest BCUT2D eigenvalue weighted by atomic mass is 16.4. The molecule has 0 amide bonds. The first-order chi connectivity index (χ1) is 14.2. The van der Waals surface area contributed by atoms with E-state index in [0.717, 1.165) is 18.2 Å². The summed E-state index contributed by atoms with van der Waals surface area (Å²) in [6.07, 6.45) is 0.561. The molecule has 1 fully saturated rings. The minimum Gasteiger partial charge on any atom is -0.507 e. The van der Waals surface area contributed by atoms with Gasteiger partial charge in [-0.3, -0.25) is 14.9 Å². The summed E-state index contributed by atoms with van der Waals surface area (Å²) >= 11 is 0. The van der Waals surface area contributed by atoms with Gasteiger partial charge < -0.3 is 35.1 Å². The lowest BCUT2D eigenvalue weighted by molar-refractivity contribution is -0.139. The van der Waals surface area contributed by atoms with E-state index in [1.807, 2.05) is 0 Å². The van der Waals surface area contributed by atoms with Crippen LogP contribution in [-0.2, 0) is 4.79 Å². The number of hydrogen-bond acceptors (Lipinski definition) is 9. The van der Waals surface area contributed by atoms with Gasteiger partial charge in [-0.2, -0.15) is 0 Å². The molecule has 156 valence electrons. The molecule has 3 aromatic rings. The normalized spacial score (nSPS) is 18.7. The van der Waals surface area contributed by atoms with Crippen LogP contribution in [-0.4, -0.2) is 42.7 Å². The summed E-state index contributed by atoms with van der Waals surface area (Å²) in [7, 11) is 0. The lowest BCUT2D eigenvalue weighted by atomic mass is 9.99. The van der Waals surface area contributed by atoms with Crippen LogP contribution in [0, 0.1) is 0 Å². The molecule has 0 unspecified atom stereocenters. The molecule has 4 rings (SSSR count). The second kappa shape index (κ2) is 6.85. The third-order valence-corrected chi connectivity index (χ3v) is 5.18. The molecule has 1 aliphatic heterocycles. The lowest BCUT2D eigenvalue weighted by Crippen LogP contribution is -2.31. The van der Waals surface area contributed by atoms with Gasteiger partial charge in [0, 0.05) is 17.7 Å². The van der Waals surface area contributed by atoms with Crippen LogP contribution in [0.15, 0.2) is 33.5 Å². The van der Waals surface area contributed by atoms with Crippen molar-refractivity contribution in [1.82, 2.24) is 5.32 Å². The van der Waals surface area contributed by atoms with Crippen LogP contribution >= 0.6 is 0 Å². The van der Waals surface area contributed by atoms with Crippen LogP contribution in [0.3, 0.4) is 0 Å². The minimum atomic E-state index is -1.07.